The minimum atomic E-state index is -0.762. The lowest BCUT2D eigenvalue weighted by atomic mass is 9.98. The van der Waals surface area contributed by atoms with Crippen molar-refractivity contribution in [3.05, 3.63) is 29.3 Å². The fourth-order valence-corrected chi connectivity index (χ4v) is 2.16. The topological polar surface area (TPSA) is 49.8 Å². The molecule has 4 heteroatoms. The van der Waals surface area contributed by atoms with E-state index < -0.39 is 12.0 Å². The molecule has 0 aromatic heterocycles. The Labute approximate surface area is 101 Å². The number of aliphatic carboxylic acids is 1. The summed E-state index contributed by atoms with van der Waals surface area (Å²) in [6.45, 7) is 3.22. The molecule has 92 valence electrons. The molecule has 1 unspecified atom stereocenters. The van der Waals surface area contributed by atoms with Crippen molar-refractivity contribution in [2.75, 3.05) is 13.7 Å². The molecule has 1 heterocycles. The van der Waals surface area contributed by atoms with Gasteiger partial charge in [0, 0.05) is 13.1 Å². The SMILES string of the molecule is COc1ccc2c(c1)CCN(C(C)C(=O)O)C2. The highest BCUT2D eigenvalue weighted by atomic mass is 16.5. The highest BCUT2D eigenvalue weighted by Gasteiger charge is 2.24. The second kappa shape index (κ2) is 4.75. The van der Waals surface area contributed by atoms with Crippen LogP contribution in [0.1, 0.15) is 18.1 Å². The maximum absolute atomic E-state index is 10.9. The van der Waals surface area contributed by atoms with E-state index in [2.05, 4.69) is 0 Å². The Hall–Kier alpha value is -1.55. The van der Waals surface area contributed by atoms with Crippen LogP contribution in [0.4, 0.5) is 0 Å². The van der Waals surface area contributed by atoms with Crippen LogP contribution in [-0.4, -0.2) is 35.7 Å². The Balaban J connectivity index is 2.17. The fourth-order valence-electron chi connectivity index (χ4n) is 2.16. The van der Waals surface area contributed by atoms with Gasteiger partial charge in [-0.05, 0) is 36.6 Å². The Morgan fingerprint density at radius 3 is 2.88 bits per heavy atom. The first-order valence-corrected chi connectivity index (χ1v) is 5.74. The molecule has 0 radical (unpaired) electrons. The molecule has 0 amide bonds. The van der Waals surface area contributed by atoms with Crippen molar-refractivity contribution >= 4 is 5.97 Å². The van der Waals surface area contributed by atoms with E-state index in [1.54, 1.807) is 14.0 Å². The molecule has 0 fully saturated rings. The van der Waals surface area contributed by atoms with E-state index in [1.807, 2.05) is 23.1 Å². The summed E-state index contributed by atoms with van der Waals surface area (Å²) in [6.07, 6.45) is 0.879. The number of nitrogens with zero attached hydrogens (tertiary/aromatic N) is 1. The van der Waals surface area contributed by atoms with E-state index in [0.717, 1.165) is 18.7 Å². The Morgan fingerprint density at radius 1 is 1.47 bits per heavy atom. The van der Waals surface area contributed by atoms with Gasteiger partial charge in [0.25, 0.3) is 0 Å². The molecule has 0 bridgehead atoms. The molecular weight excluding hydrogens is 218 g/mol. The number of carboxylic acid groups (broad SMARTS) is 1. The predicted octanol–water partition coefficient (Wildman–Crippen LogP) is 1.53. The molecule has 1 N–H and O–H groups in total. The number of methoxy groups -OCH3 is 1. The predicted molar refractivity (Wildman–Crippen MR) is 64.2 cm³/mol. The lowest BCUT2D eigenvalue weighted by Gasteiger charge is -2.31. The first-order chi connectivity index (χ1) is 8.11. The van der Waals surface area contributed by atoms with Gasteiger partial charge in [0.05, 0.1) is 7.11 Å². The Morgan fingerprint density at radius 2 is 2.24 bits per heavy atom. The molecule has 2 rings (SSSR count). The van der Waals surface area contributed by atoms with E-state index >= 15 is 0 Å². The third kappa shape index (κ3) is 2.42. The summed E-state index contributed by atoms with van der Waals surface area (Å²) in [4.78, 5) is 12.9. The van der Waals surface area contributed by atoms with Crippen LogP contribution in [0, 0.1) is 0 Å². The lowest BCUT2D eigenvalue weighted by molar-refractivity contribution is -0.143. The summed E-state index contributed by atoms with van der Waals surface area (Å²) in [5.74, 6) is 0.102. The zero-order chi connectivity index (χ0) is 12.4. The zero-order valence-corrected chi connectivity index (χ0v) is 10.1. The number of hydrogen-bond donors (Lipinski definition) is 1. The number of fused-ring (bicyclic) bond motifs is 1. The number of carboxylic acids is 1. The molecule has 1 atom stereocenters. The van der Waals surface area contributed by atoms with Crippen molar-refractivity contribution in [2.24, 2.45) is 0 Å². The number of carbonyl (C=O) groups is 1. The average molecular weight is 235 g/mol. The smallest absolute Gasteiger partial charge is 0.320 e. The van der Waals surface area contributed by atoms with Gasteiger partial charge >= 0.3 is 5.97 Å². The summed E-state index contributed by atoms with van der Waals surface area (Å²) >= 11 is 0. The fraction of sp³-hybridized carbons (Fsp3) is 0.462. The molecule has 0 spiro atoms. The summed E-state index contributed by atoms with van der Waals surface area (Å²) in [5.41, 5.74) is 2.46. The number of hydrogen-bond acceptors (Lipinski definition) is 3. The normalized spacial score (nSPS) is 17.3. The first kappa shape index (κ1) is 11.9. The minimum Gasteiger partial charge on any atom is -0.497 e. The standard InChI is InChI=1S/C13H17NO3/c1-9(13(15)16)14-6-5-10-7-12(17-2)4-3-11(10)8-14/h3-4,7,9H,5-6,8H2,1-2H3,(H,15,16). The second-order valence-corrected chi connectivity index (χ2v) is 4.37. The van der Waals surface area contributed by atoms with E-state index in [9.17, 15) is 4.79 Å². The monoisotopic (exact) mass is 235 g/mol. The molecule has 1 aromatic carbocycles. The lowest BCUT2D eigenvalue weighted by Crippen LogP contribution is -2.42. The molecule has 1 aliphatic rings. The average Bonchev–Trinajstić information content (AvgIpc) is 2.36. The maximum Gasteiger partial charge on any atom is 0.320 e. The van der Waals surface area contributed by atoms with Crippen LogP contribution in [0.5, 0.6) is 5.75 Å². The van der Waals surface area contributed by atoms with E-state index in [-0.39, 0.29) is 0 Å². The number of benzene rings is 1. The van der Waals surface area contributed by atoms with Crippen LogP contribution < -0.4 is 4.74 Å². The second-order valence-electron chi connectivity index (χ2n) is 4.37. The third-order valence-electron chi connectivity index (χ3n) is 3.36. The molecule has 0 saturated heterocycles. The first-order valence-electron chi connectivity index (χ1n) is 5.74. The zero-order valence-electron chi connectivity index (χ0n) is 10.1. The summed E-state index contributed by atoms with van der Waals surface area (Å²) in [6, 6.07) is 5.56. The van der Waals surface area contributed by atoms with Gasteiger partial charge < -0.3 is 9.84 Å². The van der Waals surface area contributed by atoms with E-state index in [0.29, 0.717) is 6.54 Å². The van der Waals surface area contributed by atoms with Gasteiger partial charge in [0.15, 0.2) is 0 Å². The van der Waals surface area contributed by atoms with Gasteiger partial charge in [-0.1, -0.05) is 6.07 Å². The largest absolute Gasteiger partial charge is 0.497 e. The van der Waals surface area contributed by atoms with Crippen LogP contribution in [-0.2, 0) is 17.8 Å². The maximum atomic E-state index is 10.9. The van der Waals surface area contributed by atoms with Gasteiger partial charge in [-0.2, -0.15) is 0 Å². The van der Waals surface area contributed by atoms with Crippen molar-refractivity contribution in [3.63, 3.8) is 0 Å². The Kier molecular flexibility index (Phi) is 3.33. The van der Waals surface area contributed by atoms with Crippen molar-refractivity contribution in [2.45, 2.75) is 25.9 Å². The van der Waals surface area contributed by atoms with Gasteiger partial charge in [-0.3, -0.25) is 9.69 Å². The highest BCUT2D eigenvalue weighted by molar-refractivity contribution is 5.72. The summed E-state index contributed by atoms with van der Waals surface area (Å²) < 4.78 is 5.19. The van der Waals surface area contributed by atoms with E-state index in [1.165, 1.54) is 11.1 Å². The number of ether oxygens (including phenoxy) is 1. The van der Waals surface area contributed by atoms with Crippen LogP contribution in [0.15, 0.2) is 18.2 Å². The molecule has 0 saturated carbocycles. The summed E-state index contributed by atoms with van der Waals surface area (Å²) in [7, 11) is 1.66. The Bertz CT molecular complexity index is 431. The van der Waals surface area contributed by atoms with Gasteiger partial charge in [-0.15, -0.1) is 0 Å². The molecule has 0 aliphatic carbocycles. The summed E-state index contributed by atoms with van der Waals surface area (Å²) in [5, 5.41) is 9.00. The van der Waals surface area contributed by atoms with Crippen molar-refractivity contribution < 1.29 is 14.6 Å². The van der Waals surface area contributed by atoms with Gasteiger partial charge in [-0.25, -0.2) is 0 Å². The minimum absolute atomic E-state index is 0.426. The van der Waals surface area contributed by atoms with Crippen LogP contribution in [0.3, 0.4) is 0 Å². The molecule has 1 aliphatic heterocycles. The van der Waals surface area contributed by atoms with E-state index in [4.69, 9.17) is 9.84 Å². The van der Waals surface area contributed by atoms with Crippen LogP contribution in [0.2, 0.25) is 0 Å². The number of rotatable bonds is 3. The third-order valence-corrected chi connectivity index (χ3v) is 3.36. The molecule has 17 heavy (non-hydrogen) atoms. The van der Waals surface area contributed by atoms with Gasteiger partial charge in [0.1, 0.15) is 11.8 Å². The molecule has 1 aromatic rings. The van der Waals surface area contributed by atoms with Crippen LogP contribution in [0.25, 0.3) is 0 Å². The van der Waals surface area contributed by atoms with Crippen molar-refractivity contribution in [1.82, 2.24) is 4.90 Å². The van der Waals surface area contributed by atoms with Gasteiger partial charge in [0.2, 0.25) is 0 Å². The quantitative estimate of drug-likeness (QED) is 0.863. The van der Waals surface area contributed by atoms with Crippen molar-refractivity contribution in [3.8, 4) is 5.75 Å². The molecular formula is C13H17NO3. The highest BCUT2D eigenvalue weighted by Crippen LogP contribution is 2.24. The van der Waals surface area contributed by atoms with Crippen molar-refractivity contribution in [1.29, 1.82) is 0 Å². The molecule has 4 nitrogen and oxygen atoms in total. The van der Waals surface area contributed by atoms with Crippen LogP contribution >= 0.6 is 0 Å².